The van der Waals surface area contributed by atoms with E-state index in [1.165, 1.54) is 62.4 Å². The number of aromatic hydroxyl groups is 1. The van der Waals surface area contributed by atoms with Crippen molar-refractivity contribution in [2.75, 3.05) is 35.0 Å². The summed E-state index contributed by atoms with van der Waals surface area (Å²) in [4.78, 5) is 93.9. The maximum atomic E-state index is 14.6. The smallest absolute Gasteiger partial charge is 0.348 e. The summed E-state index contributed by atoms with van der Waals surface area (Å²) in [7, 11) is 9.09. The average Bonchev–Trinajstić information content (AvgIpc) is 3.71. The number of hydrogen-bond acceptors (Lipinski definition) is 14. The third-order valence-corrected chi connectivity index (χ3v) is 12.4. The topological polar surface area (TPSA) is 234 Å². The quantitative estimate of drug-likeness (QED) is 0.158. The van der Waals surface area contributed by atoms with E-state index in [0.717, 1.165) is 9.13 Å². The summed E-state index contributed by atoms with van der Waals surface area (Å²) in [6, 6.07) is 9.16. The fourth-order valence-corrected chi connectivity index (χ4v) is 9.09. The van der Waals surface area contributed by atoms with Gasteiger partial charge < -0.3 is 37.9 Å². The summed E-state index contributed by atoms with van der Waals surface area (Å²) < 4.78 is 37.3. The number of aromatic nitrogens is 10. The van der Waals surface area contributed by atoms with Crippen LogP contribution in [0.4, 0.5) is 0 Å². The minimum Gasteiger partial charge on any atom is -0.504 e. The van der Waals surface area contributed by atoms with Crippen LogP contribution in [0.3, 0.4) is 0 Å². The Hall–Kier alpha value is -8.04. The molecule has 2 unspecified atom stereocenters. The Morgan fingerprint density at radius 2 is 1.14 bits per heavy atom. The highest BCUT2D eigenvalue weighted by molar-refractivity contribution is 5.80. The highest BCUT2D eigenvalue weighted by Crippen LogP contribution is 2.41. The van der Waals surface area contributed by atoms with E-state index in [0.29, 0.717) is 56.2 Å². The number of aryl methyl sites for hydroxylation is 4. The maximum Gasteiger partial charge on any atom is 0.348 e. The molecule has 9 rings (SSSR count). The molecule has 66 heavy (non-hydrogen) atoms. The molecule has 2 aliphatic rings. The number of hydrogen-bond donors (Lipinski definition) is 1. The number of allylic oxidation sites excluding steroid dienone is 2. The Morgan fingerprint density at radius 1 is 0.636 bits per heavy atom. The molecule has 0 bridgehead atoms. The van der Waals surface area contributed by atoms with E-state index in [1.54, 1.807) is 63.5 Å². The summed E-state index contributed by atoms with van der Waals surface area (Å²) in [5.41, 5.74) is -0.600. The second kappa shape index (κ2) is 16.5. The van der Waals surface area contributed by atoms with Crippen LogP contribution in [0.15, 0.2) is 82.9 Å². The van der Waals surface area contributed by atoms with E-state index in [-0.39, 0.29) is 68.5 Å². The van der Waals surface area contributed by atoms with Gasteiger partial charge in [0.25, 0.3) is 11.1 Å². The van der Waals surface area contributed by atoms with E-state index in [1.807, 2.05) is 0 Å². The van der Waals surface area contributed by atoms with E-state index >= 15 is 0 Å². The van der Waals surface area contributed by atoms with Gasteiger partial charge in [0.2, 0.25) is 0 Å². The van der Waals surface area contributed by atoms with Crippen LogP contribution in [0.1, 0.15) is 36.0 Å². The van der Waals surface area contributed by atoms with Crippen molar-refractivity contribution >= 4 is 22.1 Å². The fourth-order valence-electron chi connectivity index (χ4n) is 9.09. The number of fused-ring (bicyclic) bond motifs is 6. The number of benzene rings is 3. The first-order chi connectivity index (χ1) is 31.7. The first kappa shape index (κ1) is 43.2. The normalized spacial score (nSPS) is 15.3. The maximum absolute atomic E-state index is 14.6. The Morgan fingerprint density at radius 3 is 1.65 bits per heavy atom. The molecule has 22 heteroatoms. The minimum atomic E-state index is -1.02. The largest absolute Gasteiger partial charge is 0.504 e. The molecule has 22 nitrogen and oxygen atoms in total. The summed E-state index contributed by atoms with van der Waals surface area (Å²) in [6.07, 6.45) is 1.58. The minimum absolute atomic E-state index is 0.0648. The number of ether oxygens (including phenoxy) is 5. The molecule has 7 aromatic rings. The van der Waals surface area contributed by atoms with Crippen molar-refractivity contribution in [2.45, 2.75) is 58.0 Å². The third kappa shape index (κ3) is 6.69. The van der Waals surface area contributed by atoms with Gasteiger partial charge in [-0.25, -0.2) is 57.0 Å². The average molecular weight is 907 g/mol. The molecule has 0 fully saturated rings. The number of methoxy groups -OCH3 is 4. The SMILES string of the molecule is CCOc1cc(C2C3=CCn4c(=O)n(CCc5nc6cc(OC)c(OC)cc6n(C)c5=O)c(=O)n4C3Cn3c(=O)n(CCc4nc5cc(OC)c(OC)cc5n(C)c4=O)c(=O)n32)ccc1O. The lowest BCUT2D eigenvalue weighted by atomic mass is 9.90. The molecule has 0 radical (unpaired) electrons. The van der Waals surface area contributed by atoms with E-state index in [2.05, 4.69) is 9.97 Å². The molecule has 344 valence electrons. The van der Waals surface area contributed by atoms with Gasteiger partial charge in [0.05, 0.1) is 76.2 Å². The zero-order valence-corrected chi connectivity index (χ0v) is 37.1. The number of phenols is 1. The molecular weight excluding hydrogens is 861 g/mol. The molecule has 4 aromatic heterocycles. The lowest BCUT2D eigenvalue weighted by Gasteiger charge is -2.37. The third-order valence-electron chi connectivity index (χ3n) is 12.4. The van der Waals surface area contributed by atoms with Gasteiger partial charge in [0, 0.05) is 64.3 Å². The molecule has 0 aliphatic carbocycles. The first-order valence-electron chi connectivity index (χ1n) is 21.0. The van der Waals surface area contributed by atoms with Crippen molar-refractivity contribution in [2.24, 2.45) is 14.1 Å². The number of rotatable bonds is 13. The van der Waals surface area contributed by atoms with E-state index in [9.17, 15) is 33.9 Å². The molecule has 6 heterocycles. The standard InChI is InChI=1S/C44H46N10O12/c1-8-66-33-17-23(9-10-32(33)55)38-24-11-16-51-41(58)49(14-12-25-39(56)47(2)29-20-36(64-6)34(62-4)18-27(29)45-25)43(60)53(51)31(24)22-52-42(59)50(44(61)54(38)52)15-13-26-40(57)48(3)30-21-37(65-7)35(63-5)19-28(30)46-26/h9-11,17-21,31,38,55H,8,12-16,22H2,1-7H3. The van der Waals surface area contributed by atoms with Gasteiger partial charge in [-0.3, -0.25) is 9.59 Å². The van der Waals surface area contributed by atoms with Gasteiger partial charge >= 0.3 is 22.8 Å². The van der Waals surface area contributed by atoms with Crippen molar-refractivity contribution in [3.05, 3.63) is 134 Å². The van der Waals surface area contributed by atoms with Crippen molar-refractivity contribution in [1.29, 1.82) is 0 Å². The monoisotopic (exact) mass is 906 g/mol. The Labute approximate surface area is 372 Å². The molecule has 0 saturated heterocycles. The van der Waals surface area contributed by atoms with Crippen LogP contribution in [-0.4, -0.2) is 87.1 Å². The Kier molecular flexibility index (Phi) is 10.8. The summed E-state index contributed by atoms with van der Waals surface area (Å²) in [6.45, 7) is 1.25. The van der Waals surface area contributed by atoms with Crippen LogP contribution in [-0.2, 0) is 53.1 Å². The van der Waals surface area contributed by atoms with Crippen molar-refractivity contribution in [3.63, 3.8) is 0 Å². The van der Waals surface area contributed by atoms with Crippen LogP contribution >= 0.6 is 0 Å². The highest BCUT2D eigenvalue weighted by Gasteiger charge is 2.41. The molecule has 1 N–H and O–H groups in total. The number of nitrogens with zero attached hydrogens (tertiary/aromatic N) is 10. The van der Waals surface area contributed by atoms with Crippen molar-refractivity contribution in [1.82, 2.24) is 47.0 Å². The van der Waals surface area contributed by atoms with E-state index in [4.69, 9.17) is 23.7 Å². The lowest BCUT2D eigenvalue weighted by molar-refractivity contribution is 0.245. The van der Waals surface area contributed by atoms with Gasteiger partial charge in [-0.1, -0.05) is 12.1 Å². The molecular formula is C44H46N10O12. The van der Waals surface area contributed by atoms with Crippen LogP contribution in [0.2, 0.25) is 0 Å². The van der Waals surface area contributed by atoms with Crippen molar-refractivity contribution in [3.8, 4) is 34.5 Å². The number of phenolic OH excluding ortho intramolecular Hbond substituents is 1. The summed E-state index contributed by atoms with van der Waals surface area (Å²) in [5.74, 6) is 1.61. The van der Waals surface area contributed by atoms with Gasteiger partial charge in [-0.15, -0.1) is 0 Å². The molecule has 0 saturated carbocycles. The highest BCUT2D eigenvalue weighted by atomic mass is 16.5. The van der Waals surface area contributed by atoms with Crippen LogP contribution in [0, 0.1) is 0 Å². The first-order valence-corrected chi connectivity index (χ1v) is 21.0. The predicted molar refractivity (Wildman–Crippen MR) is 238 cm³/mol. The Balaban J connectivity index is 1.11. The zero-order chi connectivity index (χ0) is 46.9. The van der Waals surface area contributed by atoms with E-state index < -0.39 is 46.0 Å². The van der Waals surface area contributed by atoms with Crippen LogP contribution in [0.25, 0.3) is 22.1 Å². The summed E-state index contributed by atoms with van der Waals surface area (Å²) in [5, 5.41) is 10.7. The van der Waals surface area contributed by atoms with Gasteiger partial charge in [0.15, 0.2) is 34.5 Å². The molecule has 0 spiro atoms. The molecule has 0 amide bonds. The van der Waals surface area contributed by atoms with Gasteiger partial charge in [-0.2, -0.15) is 0 Å². The molecule has 2 atom stereocenters. The molecule has 3 aromatic carbocycles. The van der Waals surface area contributed by atoms with Gasteiger partial charge in [-0.05, 0) is 30.2 Å². The second-order valence-electron chi connectivity index (χ2n) is 15.8. The van der Waals surface area contributed by atoms with Crippen molar-refractivity contribution < 1.29 is 28.8 Å². The predicted octanol–water partition coefficient (Wildman–Crippen LogP) is 0.839. The summed E-state index contributed by atoms with van der Waals surface area (Å²) >= 11 is 0. The van der Waals surface area contributed by atoms with Gasteiger partial charge in [0.1, 0.15) is 17.4 Å². The van der Waals surface area contributed by atoms with Crippen LogP contribution in [0.5, 0.6) is 34.5 Å². The fraction of sp³-hybridized carbons (Fsp3) is 0.364. The zero-order valence-electron chi connectivity index (χ0n) is 37.1. The van der Waals surface area contributed by atoms with Crippen LogP contribution < -0.4 is 57.6 Å². The second-order valence-corrected chi connectivity index (χ2v) is 15.8. The Bertz CT molecular complexity index is 3540. The molecule has 2 aliphatic heterocycles. The lowest BCUT2D eigenvalue weighted by Crippen LogP contribution is -2.47.